The molecule has 7 nitrogen and oxygen atoms in total. The van der Waals surface area contributed by atoms with Crippen molar-refractivity contribution in [1.82, 2.24) is 10.2 Å². The molecule has 0 saturated heterocycles. The molecular weight excluding hydrogens is 510 g/mol. The zero-order valence-corrected chi connectivity index (χ0v) is 22.8. The van der Waals surface area contributed by atoms with Gasteiger partial charge in [0.05, 0.1) is 11.9 Å². The fraction of sp³-hybridized carbons (Fsp3) is 0.286. The Labute approximate surface area is 224 Å². The number of carbonyl (C=O) groups excluding carboxylic acids is 2. The van der Waals surface area contributed by atoms with Crippen LogP contribution in [0.2, 0.25) is 5.02 Å². The lowest BCUT2D eigenvalue weighted by Gasteiger charge is -2.33. The highest BCUT2D eigenvalue weighted by Crippen LogP contribution is 2.23. The van der Waals surface area contributed by atoms with Crippen LogP contribution >= 0.6 is 11.6 Å². The van der Waals surface area contributed by atoms with Gasteiger partial charge in [-0.15, -0.1) is 0 Å². The van der Waals surface area contributed by atoms with E-state index in [-0.39, 0.29) is 18.9 Å². The highest BCUT2D eigenvalue weighted by atomic mass is 35.5. The maximum Gasteiger partial charge on any atom is 0.244 e. The fourth-order valence-electron chi connectivity index (χ4n) is 3.98. The van der Waals surface area contributed by atoms with Crippen molar-refractivity contribution in [3.63, 3.8) is 0 Å². The van der Waals surface area contributed by atoms with Gasteiger partial charge in [-0.25, -0.2) is 8.42 Å². The largest absolute Gasteiger partial charge is 0.355 e. The standard InChI is InChI=1S/C28H32ClN3O4S/c1-4-30-28(34)26(18-22-10-6-5-7-11-22)31(19-23-12-8-9-13-25(23)29)27(33)20-32(37(3,35)36)24-16-14-21(2)15-17-24/h5-17,26H,4,18-20H2,1-3H3,(H,30,34)/t26-/m1/s1. The van der Waals surface area contributed by atoms with Crippen LogP contribution in [0.15, 0.2) is 78.9 Å². The summed E-state index contributed by atoms with van der Waals surface area (Å²) >= 11 is 6.42. The molecule has 37 heavy (non-hydrogen) atoms. The molecule has 0 fully saturated rings. The van der Waals surface area contributed by atoms with Gasteiger partial charge >= 0.3 is 0 Å². The van der Waals surface area contributed by atoms with Gasteiger partial charge in [-0.05, 0) is 43.2 Å². The van der Waals surface area contributed by atoms with Crippen molar-refractivity contribution in [2.45, 2.75) is 32.9 Å². The van der Waals surface area contributed by atoms with E-state index in [2.05, 4.69) is 5.32 Å². The summed E-state index contributed by atoms with van der Waals surface area (Å²) in [5.74, 6) is -0.842. The lowest BCUT2D eigenvalue weighted by atomic mass is 10.0. The molecule has 196 valence electrons. The van der Waals surface area contributed by atoms with Crippen molar-refractivity contribution in [3.8, 4) is 0 Å². The summed E-state index contributed by atoms with van der Waals surface area (Å²) in [4.78, 5) is 28.6. The van der Waals surface area contributed by atoms with Gasteiger partial charge in [0.25, 0.3) is 0 Å². The van der Waals surface area contributed by atoms with E-state index in [1.165, 1.54) is 4.90 Å². The molecule has 0 aliphatic carbocycles. The van der Waals surface area contributed by atoms with E-state index in [4.69, 9.17) is 11.6 Å². The third kappa shape index (κ3) is 7.81. The Morgan fingerprint density at radius 1 is 0.946 bits per heavy atom. The molecule has 0 unspecified atom stereocenters. The van der Waals surface area contributed by atoms with Crippen LogP contribution in [0.1, 0.15) is 23.6 Å². The minimum absolute atomic E-state index is 0.0403. The first-order valence-electron chi connectivity index (χ1n) is 12.0. The van der Waals surface area contributed by atoms with Crippen LogP contribution in [0.4, 0.5) is 5.69 Å². The second-order valence-corrected chi connectivity index (χ2v) is 11.1. The average molecular weight is 542 g/mol. The molecule has 0 radical (unpaired) electrons. The second-order valence-electron chi connectivity index (χ2n) is 8.82. The molecule has 0 aromatic heterocycles. The maximum absolute atomic E-state index is 13.9. The summed E-state index contributed by atoms with van der Waals surface area (Å²) in [6, 6.07) is 22.5. The Morgan fingerprint density at radius 2 is 1.57 bits per heavy atom. The third-order valence-electron chi connectivity index (χ3n) is 5.92. The number of amides is 2. The summed E-state index contributed by atoms with van der Waals surface area (Å²) in [5.41, 5.74) is 2.86. The Bertz CT molecular complexity index is 1310. The zero-order valence-electron chi connectivity index (χ0n) is 21.2. The monoisotopic (exact) mass is 541 g/mol. The van der Waals surface area contributed by atoms with E-state index in [0.29, 0.717) is 22.8 Å². The van der Waals surface area contributed by atoms with E-state index in [1.54, 1.807) is 55.5 Å². The van der Waals surface area contributed by atoms with Crippen molar-refractivity contribution in [1.29, 1.82) is 0 Å². The Balaban J connectivity index is 2.04. The highest BCUT2D eigenvalue weighted by Gasteiger charge is 2.33. The molecular formula is C28H32ClN3O4S. The smallest absolute Gasteiger partial charge is 0.244 e. The Hall–Kier alpha value is -3.36. The Morgan fingerprint density at radius 3 is 2.16 bits per heavy atom. The van der Waals surface area contributed by atoms with Crippen molar-refractivity contribution in [2.24, 2.45) is 0 Å². The van der Waals surface area contributed by atoms with Crippen molar-refractivity contribution in [2.75, 3.05) is 23.7 Å². The van der Waals surface area contributed by atoms with Crippen LogP contribution in [-0.2, 0) is 32.6 Å². The molecule has 0 saturated carbocycles. The van der Waals surface area contributed by atoms with Crippen LogP contribution < -0.4 is 9.62 Å². The van der Waals surface area contributed by atoms with Gasteiger partial charge in [0.2, 0.25) is 21.8 Å². The fourth-order valence-corrected chi connectivity index (χ4v) is 5.03. The lowest BCUT2D eigenvalue weighted by Crippen LogP contribution is -2.53. The number of anilines is 1. The minimum Gasteiger partial charge on any atom is -0.355 e. The third-order valence-corrected chi connectivity index (χ3v) is 7.43. The van der Waals surface area contributed by atoms with Crippen LogP contribution in [0.3, 0.4) is 0 Å². The second kappa shape index (κ2) is 12.7. The molecule has 3 aromatic carbocycles. The van der Waals surface area contributed by atoms with Crippen LogP contribution in [0.25, 0.3) is 0 Å². The van der Waals surface area contributed by atoms with Crippen LogP contribution in [0.5, 0.6) is 0 Å². The van der Waals surface area contributed by atoms with Crippen molar-refractivity contribution in [3.05, 3.63) is 101 Å². The van der Waals surface area contributed by atoms with Gasteiger partial charge in [-0.2, -0.15) is 0 Å². The van der Waals surface area contributed by atoms with E-state index in [9.17, 15) is 18.0 Å². The topological polar surface area (TPSA) is 86.8 Å². The summed E-state index contributed by atoms with van der Waals surface area (Å²) < 4.78 is 26.5. The van der Waals surface area contributed by atoms with Crippen LogP contribution in [-0.4, -0.2) is 50.5 Å². The molecule has 0 bridgehead atoms. The first kappa shape index (κ1) is 28.2. The van der Waals surface area contributed by atoms with Gasteiger partial charge in [0, 0.05) is 24.5 Å². The Kier molecular flexibility index (Phi) is 9.72. The zero-order chi connectivity index (χ0) is 27.0. The van der Waals surface area contributed by atoms with E-state index in [1.807, 2.05) is 37.3 Å². The molecule has 1 atom stereocenters. The molecule has 0 aliphatic heterocycles. The average Bonchev–Trinajstić information content (AvgIpc) is 2.86. The number of hydrogen-bond donors (Lipinski definition) is 1. The summed E-state index contributed by atoms with van der Waals surface area (Å²) in [6.45, 7) is 3.67. The summed E-state index contributed by atoms with van der Waals surface area (Å²) in [5, 5.41) is 3.28. The number of likely N-dealkylation sites (N-methyl/N-ethyl adjacent to an activating group) is 1. The van der Waals surface area contributed by atoms with Crippen LogP contribution in [0, 0.1) is 6.92 Å². The molecule has 1 N–H and O–H groups in total. The van der Waals surface area contributed by atoms with Gasteiger partial charge in [-0.3, -0.25) is 13.9 Å². The molecule has 0 aliphatic rings. The molecule has 3 rings (SSSR count). The van der Waals surface area contributed by atoms with Gasteiger partial charge < -0.3 is 10.2 Å². The minimum atomic E-state index is -3.80. The normalized spacial score (nSPS) is 12.0. The van der Waals surface area contributed by atoms with E-state index >= 15 is 0 Å². The summed E-state index contributed by atoms with van der Waals surface area (Å²) in [6.07, 6.45) is 1.32. The van der Waals surface area contributed by atoms with Gasteiger partial charge in [0.15, 0.2) is 0 Å². The first-order valence-corrected chi connectivity index (χ1v) is 14.2. The SMILES string of the molecule is CCNC(=O)[C@@H](Cc1ccccc1)N(Cc1ccccc1Cl)C(=O)CN(c1ccc(C)cc1)S(C)(=O)=O. The molecule has 3 aromatic rings. The number of nitrogens with zero attached hydrogens (tertiary/aromatic N) is 2. The van der Waals surface area contributed by atoms with Crippen molar-refractivity contribution >= 4 is 39.1 Å². The predicted octanol–water partition coefficient (Wildman–Crippen LogP) is 4.19. The number of hydrogen-bond acceptors (Lipinski definition) is 4. The number of rotatable bonds is 11. The van der Waals surface area contributed by atoms with Crippen molar-refractivity contribution < 1.29 is 18.0 Å². The predicted molar refractivity (Wildman–Crippen MR) is 148 cm³/mol. The number of aryl methyl sites for hydroxylation is 1. The number of benzene rings is 3. The van der Waals surface area contributed by atoms with Gasteiger partial charge in [-0.1, -0.05) is 77.8 Å². The van der Waals surface area contributed by atoms with Gasteiger partial charge in [0.1, 0.15) is 12.6 Å². The highest BCUT2D eigenvalue weighted by molar-refractivity contribution is 7.92. The number of carbonyl (C=O) groups is 2. The summed E-state index contributed by atoms with van der Waals surface area (Å²) in [7, 11) is -3.80. The quantitative estimate of drug-likeness (QED) is 0.394. The molecule has 9 heteroatoms. The number of halogens is 1. The molecule has 2 amide bonds. The number of nitrogens with one attached hydrogen (secondary N) is 1. The molecule has 0 spiro atoms. The number of sulfonamides is 1. The van der Waals surface area contributed by atoms with E-state index < -0.39 is 28.5 Å². The maximum atomic E-state index is 13.9. The lowest BCUT2D eigenvalue weighted by molar-refractivity contribution is -0.140. The molecule has 0 heterocycles. The van der Waals surface area contributed by atoms with E-state index in [0.717, 1.165) is 21.7 Å². The first-order chi connectivity index (χ1) is 17.6.